The van der Waals surface area contributed by atoms with Crippen molar-refractivity contribution in [2.24, 2.45) is 0 Å². The molecule has 0 spiro atoms. The topological polar surface area (TPSA) is 74.7 Å². The number of carboxylic acids is 1. The highest BCUT2D eigenvalue weighted by molar-refractivity contribution is 7.89. The lowest BCUT2D eigenvalue weighted by Gasteiger charge is -2.11. The minimum Gasteiger partial charge on any atom is -0.480 e. The summed E-state index contributed by atoms with van der Waals surface area (Å²) >= 11 is 0. The summed E-state index contributed by atoms with van der Waals surface area (Å²) < 4.78 is 22.8. The second kappa shape index (κ2) is 3.68. The van der Waals surface area contributed by atoms with Crippen molar-refractivity contribution >= 4 is 16.0 Å². The molecule has 0 aliphatic rings. The fraction of sp³-hybridized carbons (Fsp3) is 0.800. The SMILES string of the molecule is CCN(C)S(=O)(=O)CC(=O)O. The van der Waals surface area contributed by atoms with Gasteiger partial charge in [0.05, 0.1) is 0 Å². The summed E-state index contributed by atoms with van der Waals surface area (Å²) in [6.07, 6.45) is 0. The summed E-state index contributed by atoms with van der Waals surface area (Å²) in [4.78, 5) is 10.0. The molecular weight excluding hydrogens is 170 g/mol. The van der Waals surface area contributed by atoms with Crippen molar-refractivity contribution in [2.75, 3.05) is 19.3 Å². The third kappa shape index (κ3) is 3.33. The van der Waals surface area contributed by atoms with Crippen LogP contribution in [0.2, 0.25) is 0 Å². The summed E-state index contributed by atoms with van der Waals surface area (Å²) in [5.74, 6) is -2.16. The first-order valence-corrected chi connectivity index (χ1v) is 4.67. The molecule has 0 aromatic rings. The van der Waals surface area contributed by atoms with Crippen LogP contribution in [0.4, 0.5) is 0 Å². The Morgan fingerprint density at radius 2 is 2.00 bits per heavy atom. The lowest BCUT2D eigenvalue weighted by molar-refractivity contribution is -0.134. The van der Waals surface area contributed by atoms with Crippen molar-refractivity contribution in [2.45, 2.75) is 6.92 Å². The van der Waals surface area contributed by atoms with Gasteiger partial charge in [-0.05, 0) is 0 Å². The van der Waals surface area contributed by atoms with Crippen molar-refractivity contribution < 1.29 is 18.3 Å². The molecule has 0 heterocycles. The van der Waals surface area contributed by atoms with Gasteiger partial charge in [-0.25, -0.2) is 12.7 Å². The first kappa shape index (κ1) is 10.4. The Hall–Kier alpha value is -0.620. The van der Waals surface area contributed by atoms with E-state index in [0.717, 1.165) is 4.31 Å². The van der Waals surface area contributed by atoms with Crippen molar-refractivity contribution in [3.05, 3.63) is 0 Å². The Morgan fingerprint density at radius 1 is 1.55 bits per heavy atom. The van der Waals surface area contributed by atoms with E-state index in [4.69, 9.17) is 5.11 Å². The van der Waals surface area contributed by atoms with Crippen molar-refractivity contribution in [3.63, 3.8) is 0 Å². The average molecular weight is 181 g/mol. The summed E-state index contributed by atoms with van der Waals surface area (Å²) in [5, 5.41) is 8.19. The molecule has 0 aromatic heterocycles. The van der Waals surface area contributed by atoms with E-state index in [9.17, 15) is 13.2 Å². The van der Waals surface area contributed by atoms with Crippen LogP contribution in [0, 0.1) is 0 Å². The summed E-state index contributed by atoms with van der Waals surface area (Å²) in [5.41, 5.74) is 0. The highest BCUT2D eigenvalue weighted by Crippen LogP contribution is 1.95. The largest absolute Gasteiger partial charge is 0.480 e. The van der Waals surface area contributed by atoms with Gasteiger partial charge < -0.3 is 5.11 Å². The summed E-state index contributed by atoms with van der Waals surface area (Å²) in [7, 11) is -2.23. The molecule has 6 heteroatoms. The van der Waals surface area contributed by atoms with Crippen molar-refractivity contribution in [1.82, 2.24) is 4.31 Å². The van der Waals surface area contributed by atoms with Gasteiger partial charge in [-0.2, -0.15) is 0 Å². The van der Waals surface area contributed by atoms with Crippen molar-refractivity contribution in [3.8, 4) is 0 Å². The number of nitrogens with zero attached hydrogens (tertiary/aromatic N) is 1. The Bertz CT molecular complexity index is 233. The maximum Gasteiger partial charge on any atom is 0.320 e. The molecule has 0 radical (unpaired) electrons. The zero-order valence-electron chi connectivity index (χ0n) is 6.44. The second-order valence-corrected chi connectivity index (χ2v) is 4.14. The third-order valence-corrected chi connectivity index (χ3v) is 3.05. The Morgan fingerprint density at radius 3 is 2.27 bits per heavy atom. The van der Waals surface area contributed by atoms with Gasteiger partial charge >= 0.3 is 5.97 Å². The molecule has 0 unspecified atom stereocenters. The predicted molar refractivity (Wildman–Crippen MR) is 39.7 cm³/mol. The molecule has 0 rings (SSSR count). The van der Waals surface area contributed by atoms with Gasteiger partial charge in [0.2, 0.25) is 10.0 Å². The first-order valence-electron chi connectivity index (χ1n) is 3.06. The normalized spacial score (nSPS) is 11.9. The molecule has 66 valence electrons. The standard InChI is InChI=1S/C5H11NO4S/c1-3-6(2)11(9,10)4-5(7)8/h3-4H2,1-2H3,(H,7,8). The van der Waals surface area contributed by atoms with E-state index in [1.165, 1.54) is 7.05 Å². The van der Waals surface area contributed by atoms with Gasteiger partial charge in [0.15, 0.2) is 5.75 Å². The number of hydrogen-bond acceptors (Lipinski definition) is 3. The molecule has 0 fully saturated rings. The van der Waals surface area contributed by atoms with Gasteiger partial charge in [0, 0.05) is 13.6 Å². The minimum atomic E-state index is -3.58. The smallest absolute Gasteiger partial charge is 0.320 e. The van der Waals surface area contributed by atoms with Crippen LogP contribution in [0.1, 0.15) is 6.92 Å². The van der Waals surface area contributed by atoms with E-state index in [2.05, 4.69) is 0 Å². The van der Waals surface area contributed by atoms with Crippen LogP contribution in [-0.4, -0.2) is 43.1 Å². The molecule has 0 aliphatic heterocycles. The lowest BCUT2D eigenvalue weighted by atomic mass is 10.8. The van der Waals surface area contributed by atoms with Gasteiger partial charge in [-0.3, -0.25) is 4.79 Å². The lowest BCUT2D eigenvalue weighted by Crippen LogP contribution is -2.31. The minimum absolute atomic E-state index is 0.287. The van der Waals surface area contributed by atoms with Crippen LogP contribution >= 0.6 is 0 Å². The molecular formula is C5H11NO4S. The Labute approximate surface area is 65.7 Å². The monoisotopic (exact) mass is 181 g/mol. The number of sulfonamides is 1. The number of rotatable bonds is 4. The summed E-state index contributed by atoms with van der Waals surface area (Å²) in [6, 6.07) is 0. The van der Waals surface area contributed by atoms with Crippen LogP contribution in [-0.2, 0) is 14.8 Å². The number of carbonyl (C=O) groups is 1. The number of aliphatic carboxylic acids is 1. The molecule has 0 atom stereocenters. The van der Waals surface area contributed by atoms with Gasteiger partial charge in [0.25, 0.3) is 0 Å². The number of hydrogen-bond donors (Lipinski definition) is 1. The van der Waals surface area contributed by atoms with E-state index in [-0.39, 0.29) is 6.54 Å². The highest BCUT2D eigenvalue weighted by Gasteiger charge is 2.19. The van der Waals surface area contributed by atoms with E-state index >= 15 is 0 Å². The summed E-state index contributed by atoms with van der Waals surface area (Å²) in [6.45, 7) is 1.93. The molecule has 0 amide bonds. The maximum atomic E-state index is 10.9. The van der Waals surface area contributed by atoms with Crippen LogP contribution in [0.15, 0.2) is 0 Å². The second-order valence-electron chi connectivity index (χ2n) is 2.06. The number of carboxylic acid groups (broad SMARTS) is 1. The molecule has 0 bridgehead atoms. The fourth-order valence-electron chi connectivity index (χ4n) is 0.463. The van der Waals surface area contributed by atoms with E-state index in [1.54, 1.807) is 6.92 Å². The quantitative estimate of drug-likeness (QED) is 0.625. The molecule has 5 nitrogen and oxygen atoms in total. The maximum absolute atomic E-state index is 10.9. The predicted octanol–water partition coefficient (Wildman–Crippen LogP) is -0.648. The van der Waals surface area contributed by atoms with Crippen LogP contribution in [0.25, 0.3) is 0 Å². The molecule has 11 heavy (non-hydrogen) atoms. The average Bonchev–Trinajstić information content (AvgIpc) is 1.83. The van der Waals surface area contributed by atoms with Crippen LogP contribution < -0.4 is 0 Å². The van der Waals surface area contributed by atoms with Crippen molar-refractivity contribution in [1.29, 1.82) is 0 Å². The van der Waals surface area contributed by atoms with E-state index < -0.39 is 21.7 Å². The van der Waals surface area contributed by atoms with E-state index in [0.29, 0.717) is 0 Å². The zero-order valence-corrected chi connectivity index (χ0v) is 7.26. The first-order chi connectivity index (χ1) is 4.90. The van der Waals surface area contributed by atoms with E-state index in [1.807, 2.05) is 0 Å². The van der Waals surface area contributed by atoms with Gasteiger partial charge in [-0.1, -0.05) is 6.92 Å². The van der Waals surface area contributed by atoms with Crippen LogP contribution in [0.3, 0.4) is 0 Å². The molecule has 0 saturated heterocycles. The molecule has 1 N–H and O–H groups in total. The highest BCUT2D eigenvalue weighted by atomic mass is 32.2. The molecule has 0 aromatic carbocycles. The zero-order chi connectivity index (χ0) is 9.07. The third-order valence-electron chi connectivity index (χ3n) is 1.23. The molecule has 0 saturated carbocycles. The van der Waals surface area contributed by atoms with Crippen LogP contribution in [0.5, 0.6) is 0 Å². The van der Waals surface area contributed by atoms with Gasteiger partial charge in [0.1, 0.15) is 0 Å². The van der Waals surface area contributed by atoms with Gasteiger partial charge in [-0.15, -0.1) is 0 Å². The Kier molecular flexibility index (Phi) is 3.47. The Balaban J connectivity index is 4.35. The fourth-order valence-corrected chi connectivity index (χ4v) is 1.39. The molecule has 0 aliphatic carbocycles.